The van der Waals surface area contributed by atoms with Crippen LogP contribution in [0.4, 0.5) is 0 Å². The fourth-order valence-corrected chi connectivity index (χ4v) is 3.51. The van der Waals surface area contributed by atoms with Crippen molar-refractivity contribution in [3.63, 3.8) is 0 Å². The smallest absolute Gasteiger partial charge is 0.239 e. The number of hydrogen-bond acceptors (Lipinski definition) is 12. The van der Waals surface area contributed by atoms with Gasteiger partial charge in [-0.25, -0.2) is 0 Å². The summed E-state index contributed by atoms with van der Waals surface area (Å²) >= 11 is 0. The van der Waals surface area contributed by atoms with Gasteiger partial charge in [-0.1, -0.05) is 0 Å². The third-order valence-corrected chi connectivity index (χ3v) is 5.24. The average Bonchev–Trinajstić information content (AvgIpc) is 2.76. The quantitative estimate of drug-likeness (QED) is 0.229. The second kappa shape index (κ2) is 8.42. The first-order valence-corrected chi connectivity index (χ1v) is 9.64. The van der Waals surface area contributed by atoms with Gasteiger partial charge in [-0.3, -0.25) is 4.79 Å². The molecule has 1 aliphatic rings. The van der Waals surface area contributed by atoms with Crippen molar-refractivity contribution in [1.82, 2.24) is 0 Å². The summed E-state index contributed by atoms with van der Waals surface area (Å²) in [6.07, 6.45) is -8.40. The Hall–Kier alpha value is -3.55. The first-order valence-electron chi connectivity index (χ1n) is 9.64. The maximum Gasteiger partial charge on any atom is 0.239 e. The SMILES string of the molecule is O=c1c(O[C@H]2OC(CO)[C@H](O)C(O)C2O)c(-c2ccc(O)c(O)c2)oc2cc(O)cc(O)c12. The van der Waals surface area contributed by atoms with E-state index in [0.717, 1.165) is 24.3 Å². The number of ether oxygens (including phenoxy) is 2. The maximum atomic E-state index is 13.2. The second-order valence-electron chi connectivity index (χ2n) is 7.45. The molecule has 3 aromatic rings. The van der Waals surface area contributed by atoms with Crippen LogP contribution in [-0.4, -0.2) is 78.2 Å². The molecule has 3 unspecified atom stereocenters. The molecule has 1 fully saturated rings. The van der Waals surface area contributed by atoms with Gasteiger partial charge in [0.2, 0.25) is 17.5 Å². The Morgan fingerprint density at radius 1 is 0.879 bits per heavy atom. The molecule has 0 radical (unpaired) electrons. The summed E-state index contributed by atoms with van der Waals surface area (Å²) in [5.41, 5.74) is -1.19. The monoisotopic (exact) mass is 464 g/mol. The Morgan fingerprint density at radius 3 is 2.27 bits per heavy atom. The largest absolute Gasteiger partial charge is 0.508 e. The molecule has 1 aromatic heterocycles. The zero-order valence-electron chi connectivity index (χ0n) is 16.7. The molecular formula is C21H20O12. The van der Waals surface area contributed by atoms with Crippen molar-refractivity contribution in [3.05, 3.63) is 40.6 Å². The van der Waals surface area contributed by atoms with Gasteiger partial charge in [-0.05, 0) is 18.2 Å². The van der Waals surface area contributed by atoms with Crippen LogP contribution in [0.25, 0.3) is 22.3 Å². The van der Waals surface area contributed by atoms with Gasteiger partial charge < -0.3 is 54.7 Å². The van der Waals surface area contributed by atoms with Gasteiger partial charge >= 0.3 is 0 Å². The van der Waals surface area contributed by atoms with Crippen LogP contribution in [0.1, 0.15) is 0 Å². The van der Waals surface area contributed by atoms with E-state index < -0.39 is 71.5 Å². The van der Waals surface area contributed by atoms with E-state index in [1.165, 1.54) is 6.07 Å². The standard InChI is InChI=1S/C21H20O12/c22-6-13-15(27)17(29)18(30)21(32-13)33-20-16(28)14-11(26)4-8(23)5-12(14)31-19(20)7-1-2-9(24)10(25)3-7/h1-5,13,15,17-18,21-27,29-30H,6H2/t13?,15-,17?,18?,21+/m0/s1. The fourth-order valence-electron chi connectivity index (χ4n) is 3.51. The Bertz CT molecular complexity index is 1250. The van der Waals surface area contributed by atoms with Crippen LogP contribution in [0.3, 0.4) is 0 Å². The summed E-state index contributed by atoms with van der Waals surface area (Å²) in [5, 5.41) is 78.7. The van der Waals surface area contributed by atoms with Crippen molar-refractivity contribution in [3.8, 4) is 40.1 Å². The van der Waals surface area contributed by atoms with Crippen molar-refractivity contribution in [2.75, 3.05) is 6.61 Å². The van der Waals surface area contributed by atoms with Crippen molar-refractivity contribution < 1.29 is 54.7 Å². The van der Waals surface area contributed by atoms with Gasteiger partial charge in [0.05, 0.1) is 6.61 Å². The molecule has 176 valence electrons. The molecule has 2 aromatic carbocycles. The number of benzene rings is 2. The number of rotatable bonds is 4. The molecule has 33 heavy (non-hydrogen) atoms. The third-order valence-electron chi connectivity index (χ3n) is 5.24. The summed E-state index contributed by atoms with van der Waals surface area (Å²) in [6.45, 7) is -0.740. The lowest BCUT2D eigenvalue weighted by Gasteiger charge is -2.39. The van der Waals surface area contributed by atoms with Gasteiger partial charge in [0.25, 0.3) is 0 Å². The van der Waals surface area contributed by atoms with Crippen LogP contribution in [0.2, 0.25) is 0 Å². The Morgan fingerprint density at radius 2 is 1.61 bits per heavy atom. The minimum absolute atomic E-state index is 0.0201. The van der Waals surface area contributed by atoms with Gasteiger partial charge in [0.15, 0.2) is 17.3 Å². The van der Waals surface area contributed by atoms with Crippen molar-refractivity contribution in [2.24, 2.45) is 0 Å². The van der Waals surface area contributed by atoms with Gasteiger partial charge in [0.1, 0.15) is 46.9 Å². The topological polar surface area (TPSA) is 211 Å². The summed E-state index contributed by atoms with van der Waals surface area (Å²) in [5.74, 6) is -3.05. The van der Waals surface area contributed by atoms with Crippen molar-refractivity contribution in [1.29, 1.82) is 0 Å². The van der Waals surface area contributed by atoms with E-state index in [4.69, 9.17) is 13.9 Å². The van der Waals surface area contributed by atoms with Crippen LogP contribution in [0.15, 0.2) is 39.5 Å². The molecule has 4 rings (SSSR count). The lowest BCUT2D eigenvalue weighted by atomic mass is 9.99. The molecule has 0 amide bonds. The molecule has 8 N–H and O–H groups in total. The molecule has 5 atom stereocenters. The summed E-state index contributed by atoms with van der Waals surface area (Å²) in [6, 6.07) is 5.36. The highest BCUT2D eigenvalue weighted by molar-refractivity contribution is 5.88. The predicted molar refractivity (Wildman–Crippen MR) is 109 cm³/mol. The molecule has 1 aliphatic heterocycles. The Kier molecular flexibility index (Phi) is 5.78. The van der Waals surface area contributed by atoms with Crippen LogP contribution < -0.4 is 10.2 Å². The van der Waals surface area contributed by atoms with Crippen LogP contribution in [-0.2, 0) is 4.74 Å². The molecule has 1 saturated heterocycles. The van der Waals surface area contributed by atoms with E-state index in [9.17, 15) is 45.6 Å². The Labute approximate surface area is 184 Å². The van der Waals surface area contributed by atoms with Crippen molar-refractivity contribution in [2.45, 2.75) is 30.7 Å². The lowest BCUT2D eigenvalue weighted by Crippen LogP contribution is -2.60. The normalized spacial score (nSPS) is 25.3. The number of aliphatic hydroxyl groups is 4. The molecular weight excluding hydrogens is 444 g/mol. The maximum absolute atomic E-state index is 13.2. The van der Waals surface area contributed by atoms with E-state index >= 15 is 0 Å². The summed E-state index contributed by atoms with van der Waals surface area (Å²) in [7, 11) is 0. The number of fused-ring (bicyclic) bond motifs is 1. The minimum Gasteiger partial charge on any atom is -0.508 e. The van der Waals surface area contributed by atoms with Gasteiger partial charge in [-0.15, -0.1) is 0 Å². The number of aromatic hydroxyl groups is 4. The summed E-state index contributed by atoms with van der Waals surface area (Å²) < 4.78 is 16.5. The third kappa shape index (κ3) is 3.90. The van der Waals surface area contributed by atoms with Crippen LogP contribution >= 0.6 is 0 Å². The van der Waals surface area contributed by atoms with Crippen LogP contribution in [0.5, 0.6) is 28.7 Å². The second-order valence-corrected chi connectivity index (χ2v) is 7.45. The zero-order valence-corrected chi connectivity index (χ0v) is 16.7. The van der Waals surface area contributed by atoms with Gasteiger partial charge in [-0.2, -0.15) is 0 Å². The van der Waals surface area contributed by atoms with Crippen molar-refractivity contribution >= 4 is 11.0 Å². The lowest BCUT2D eigenvalue weighted by molar-refractivity contribution is -0.277. The predicted octanol–water partition coefficient (Wildman–Crippen LogP) is -0.539. The molecule has 2 heterocycles. The molecule has 0 aliphatic carbocycles. The first kappa shape index (κ1) is 22.6. The number of aliphatic hydroxyl groups excluding tert-OH is 4. The highest BCUT2D eigenvalue weighted by atomic mass is 16.7. The zero-order chi connectivity index (χ0) is 24.0. The molecule has 12 heteroatoms. The number of phenolic OH excluding ortho intramolecular Hbond substituents is 4. The fraction of sp³-hybridized carbons (Fsp3) is 0.286. The minimum atomic E-state index is -1.85. The summed E-state index contributed by atoms with van der Waals surface area (Å²) in [4.78, 5) is 13.2. The van der Waals surface area contributed by atoms with E-state index in [1.807, 2.05) is 0 Å². The van der Waals surface area contributed by atoms with Gasteiger partial charge in [0, 0.05) is 17.7 Å². The Balaban J connectivity index is 1.91. The van der Waals surface area contributed by atoms with E-state index in [2.05, 4.69) is 0 Å². The first-order chi connectivity index (χ1) is 15.6. The number of phenols is 4. The molecule has 0 saturated carbocycles. The van der Waals surface area contributed by atoms with E-state index in [-0.39, 0.29) is 22.3 Å². The molecule has 0 bridgehead atoms. The van der Waals surface area contributed by atoms with E-state index in [0.29, 0.717) is 0 Å². The highest BCUT2D eigenvalue weighted by Crippen LogP contribution is 2.39. The number of hydrogen-bond donors (Lipinski definition) is 8. The molecule has 0 spiro atoms. The highest BCUT2D eigenvalue weighted by Gasteiger charge is 2.45. The van der Waals surface area contributed by atoms with E-state index in [1.54, 1.807) is 0 Å². The average molecular weight is 464 g/mol. The molecule has 12 nitrogen and oxygen atoms in total. The van der Waals surface area contributed by atoms with Crippen LogP contribution in [0, 0.1) is 0 Å².